The lowest BCUT2D eigenvalue weighted by Crippen LogP contribution is -2.31. The van der Waals surface area contributed by atoms with Gasteiger partial charge in [-0.05, 0) is 43.2 Å². The second kappa shape index (κ2) is 6.59. The number of carbonyl (C=O) groups is 2. The molecule has 1 aliphatic rings. The van der Waals surface area contributed by atoms with Crippen LogP contribution < -0.4 is 0 Å². The minimum atomic E-state index is -0.457. The van der Waals surface area contributed by atoms with Crippen molar-refractivity contribution < 1.29 is 14.3 Å². The first-order chi connectivity index (χ1) is 12.7. The summed E-state index contributed by atoms with van der Waals surface area (Å²) in [4.78, 5) is 26.6. The molecule has 0 aliphatic carbocycles. The van der Waals surface area contributed by atoms with E-state index in [1.165, 1.54) is 7.11 Å². The Kier molecular flexibility index (Phi) is 4.12. The summed E-state index contributed by atoms with van der Waals surface area (Å²) in [5.41, 5.74) is 1.59. The number of aromatic nitrogens is 3. The molecule has 4 rings (SSSR count). The predicted molar refractivity (Wildman–Crippen MR) is 93.8 cm³/mol. The van der Waals surface area contributed by atoms with Gasteiger partial charge in [-0.2, -0.15) is 0 Å². The molecule has 132 valence electrons. The summed E-state index contributed by atoms with van der Waals surface area (Å²) in [7, 11) is 1.32. The van der Waals surface area contributed by atoms with Crippen LogP contribution in [-0.2, 0) is 4.74 Å². The van der Waals surface area contributed by atoms with Gasteiger partial charge in [0.05, 0.1) is 18.7 Å². The molecule has 2 aromatic heterocycles. The fraction of sp³-hybridized carbons (Fsp3) is 0.263. The number of rotatable bonds is 3. The molecule has 26 heavy (non-hydrogen) atoms. The number of methoxy groups -OCH3 is 1. The number of esters is 1. The number of benzene rings is 1. The number of amides is 1. The maximum Gasteiger partial charge on any atom is 0.337 e. The van der Waals surface area contributed by atoms with Gasteiger partial charge in [0.2, 0.25) is 0 Å². The van der Waals surface area contributed by atoms with E-state index in [1.807, 2.05) is 28.8 Å². The molecule has 0 radical (unpaired) electrons. The van der Waals surface area contributed by atoms with E-state index in [0.29, 0.717) is 17.7 Å². The molecular formula is C19H18N4O3. The highest BCUT2D eigenvalue weighted by molar-refractivity contribution is 5.98. The molecule has 7 nitrogen and oxygen atoms in total. The molecule has 0 bridgehead atoms. The highest BCUT2D eigenvalue weighted by Crippen LogP contribution is 2.32. The van der Waals surface area contributed by atoms with Crippen molar-refractivity contribution in [2.75, 3.05) is 13.7 Å². The molecule has 1 aromatic carbocycles. The molecule has 1 atom stereocenters. The normalized spacial score (nSPS) is 16.8. The van der Waals surface area contributed by atoms with Crippen molar-refractivity contribution in [3.8, 4) is 0 Å². The minimum Gasteiger partial charge on any atom is -0.465 e. The Morgan fingerprint density at radius 1 is 1.12 bits per heavy atom. The van der Waals surface area contributed by atoms with E-state index in [2.05, 4.69) is 10.2 Å². The molecule has 1 aliphatic heterocycles. The second-order valence-corrected chi connectivity index (χ2v) is 6.22. The zero-order valence-electron chi connectivity index (χ0n) is 14.3. The van der Waals surface area contributed by atoms with Crippen LogP contribution in [0.5, 0.6) is 0 Å². The Balaban J connectivity index is 1.66. The van der Waals surface area contributed by atoms with Crippen LogP contribution in [0.2, 0.25) is 0 Å². The average molecular weight is 350 g/mol. The maximum absolute atomic E-state index is 13.1. The average Bonchev–Trinajstić information content (AvgIpc) is 3.33. The molecule has 0 saturated carbocycles. The first-order valence-electron chi connectivity index (χ1n) is 8.48. The van der Waals surface area contributed by atoms with Crippen LogP contribution in [0.4, 0.5) is 0 Å². The van der Waals surface area contributed by atoms with Crippen LogP contribution in [0, 0.1) is 0 Å². The molecule has 3 aromatic rings. The lowest BCUT2D eigenvalue weighted by molar-refractivity contribution is 0.0600. The van der Waals surface area contributed by atoms with Gasteiger partial charge in [0.15, 0.2) is 11.5 Å². The number of nitrogens with zero attached hydrogens (tertiary/aromatic N) is 4. The van der Waals surface area contributed by atoms with Crippen molar-refractivity contribution in [1.82, 2.24) is 19.5 Å². The van der Waals surface area contributed by atoms with Crippen molar-refractivity contribution in [2.45, 2.75) is 18.9 Å². The first kappa shape index (κ1) is 16.3. The fourth-order valence-corrected chi connectivity index (χ4v) is 3.43. The molecule has 3 heterocycles. The van der Waals surface area contributed by atoms with Gasteiger partial charge in [-0.15, -0.1) is 10.2 Å². The number of ether oxygens (including phenoxy) is 1. The topological polar surface area (TPSA) is 76.8 Å². The molecule has 0 spiro atoms. The van der Waals surface area contributed by atoms with Crippen LogP contribution >= 0.6 is 0 Å². The van der Waals surface area contributed by atoms with Crippen molar-refractivity contribution in [3.63, 3.8) is 0 Å². The molecule has 1 amide bonds. The second-order valence-electron chi connectivity index (χ2n) is 6.22. The quantitative estimate of drug-likeness (QED) is 0.678. The number of carbonyl (C=O) groups excluding carboxylic acids is 2. The van der Waals surface area contributed by atoms with Gasteiger partial charge < -0.3 is 9.64 Å². The van der Waals surface area contributed by atoms with Gasteiger partial charge in [-0.1, -0.05) is 12.1 Å². The minimum absolute atomic E-state index is 0.120. The third-order valence-corrected chi connectivity index (χ3v) is 4.68. The molecule has 0 N–H and O–H groups in total. The molecule has 1 fully saturated rings. The monoisotopic (exact) mass is 350 g/mol. The predicted octanol–water partition coefficient (Wildman–Crippen LogP) is 2.49. The lowest BCUT2D eigenvalue weighted by atomic mass is 10.1. The van der Waals surface area contributed by atoms with E-state index in [9.17, 15) is 9.59 Å². The summed E-state index contributed by atoms with van der Waals surface area (Å²) in [6.07, 6.45) is 3.64. The first-order valence-corrected chi connectivity index (χ1v) is 8.48. The molecular weight excluding hydrogens is 332 g/mol. The molecule has 0 unspecified atom stereocenters. The van der Waals surface area contributed by atoms with Crippen LogP contribution in [0.1, 0.15) is 45.4 Å². The zero-order valence-corrected chi connectivity index (χ0v) is 14.3. The smallest absolute Gasteiger partial charge is 0.337 e. The standard InChI is InChI=1S/C19H18N4O3/c1-26-19(25)14-7-4-6-13(12-14)18(24)22-11-5-8-15(22)17-21-20-16-9-2-3-10-23(16)17/h2-4,6-7,9-10,12,15H,5,8,11H2,1H3/t15-/m1/s1. The summed E-state index contributed by atoms with van der Waals surface area (Å²) in [6.45, 7) is 0.647. The summed E-state index contributed by atoms with van der Waals surface area (Å²) in [5.74, 6) is 0.183. The highest BCUT2D eigenvalue weighted by Gasteiger charge is 2.33. The Bertz CT molecular complexity index is 982. The van der Waals surface area contributed by atoms with Gasteiger partial charge >= 0.3 is 5.97 Å². The van der Waals surface area contributed by atoms with Gasteiger partial charge in [-0.25, -0.2) is 4.79 Å². The molecule has 1 saturated heterocycles. The van der Waals surface area contributed by atoms with Crippen LogP contribution in [-0.4, -0.2) is 45.0 Å². The van der Waals surface area contributed by atoms with Crippen molar-refractivity contribution >= 4 is 17.5 Å². The Hall–Kier alpha value is -3.22. The van der Waals surface area contributed by atoms with Gasteiger partial charge in [-0.3, -0.25) is 9.20 Å². The van der Waals surface area contributed by atoms with E-state index < -0.39 is 5.97 Å². The summed E-state index contributed by atoms with van der Waals surface area (Å²) < 4.78 is 6.66. The van der Waals surface area contributed by atoms with Crippen molar-refractivity contribution in [1.29, 1.82) is 0 Å². The number of likely N-dealkylation sites (tertiary alicyclic amines) is 1. The largest absolute Gasteiger partial charge is 0.465 e. The summed E-state index contributed by atoms with van der Waals surface area (Å²) >= 11 is 0. The number of hydrogen-bond acceptors (Lipinski definition) is 5. The Morgan fingerprint density at radius 2 is 1.96 bits per heavy atom. The number of hydrogen-bond donors (Lipinski definition) is 0. The summed E-state index contributed by atoms with van der Waals surface area (Å²) in [6, 6.07) is 12.2. The van der Waals surface area contributed by atoms with E-state index in [0.717, 1.165) is 24.3 Å². The van der Waals surface area contributed by atoms with Crippen LogP contribution in [0.3, 0.4) is 0 Å². The third-order valence-electron chi connectivity index (χ3n) is 4.68. The third kappa shape index (κ3) is 2.71. The SMILES string of the molecule is COC(=O)c1cccc(C(=O)N2CCC[C@@H]2c2nnc3ccccn23)c1. The van der Waals surface area contributed by atoms with E-state index in [-0.39, 0.29) is 11.9 Å². The lowest BCUT2D eigenvalue weighted by Gasteiger charge is -2.23. The highest BCUT2D eigenvalue weighted by atomic mass is 16.5. The van der Waals surface area contributed by atoms with E-state index in [4.69, 9.17) is 4.74 Å². The van der Waals surface area contributed by atoms with Crippen molar-refractivity contribution in [2.24, 2.45) is 0 Å². The van der Waals surface area contributed by atoms with Gasteiger partial charge in [0, 0.05) is 18.3 Å². The molecule has 7 heteroatoms. The fourth-order valence-electron chi connectivity index (χ4n) is 3.43. The Labute approximate surface area is 150 Å². The number of pyridine rings is 1. The summed E-state index contributed by atoms with van der Waals surface area (Å²) in [5, 5.41) is 8.50. The van der Waals surface area contributed by atoms with Crippen LogP contribution in [0.25, 0.3) is 5.65 Å². The maximum atomic E-state index is 13.1. The van der Waals surface area contributed by atoms with Gasteiger partial charge in [0.1, 0.15) is 0 Å². The van der Waals surface area contributed by atoms with Crippen LogP contribution in [0.15, 0.2) is 48.7 Å². The Morgan fingerprint density at radius 3 is 2.81 bits per heavy atom. The number of fused-ring (bicyclic) bond motifs is 1. The van der Waals surface area contributed by atoms with E-state index >= 15 is 0 Å². The zero-order chi connectivity index (χ0) is 18.1. The van der Waals surface area contributed by atoms with E-state index in [1.54, 1.807) is 29.2 Å². The van der Waals surface area contributed by atoms with Crippen molar-refractivity contribution in [3.05, 3.63) is 65.6 Å². The van der Waals surface area contributed by atoms with Gasteiger partial charge in [0.25, 0.3) is 5.91 Å².